The first-order chi connectivity index (χ1) is 15.6. The number of hydrogen-bond acceptors (Lipinski definition) is 4. The van der Waals surface area contributed by atoms with Gasteiger partial charge in [0, 0.05) is 12.3 Å². The predicted molar refractivity (Wildman–Crippen MR) is 125 cm³/mol. The summed E-state index contributed by atoms with van der Waals surface area (Å²) in [5, 5.41) is 3.62. The molecule has 166 valence electrons. The number of ether oxygens (including phenoxy) is 1. The van der Waals surface area contributed by atoms with Crippen molar-refractivity contribution >= 4 is 22.7 Å². The van der Waals surface area contributed by atoms with Gasteiger partial charge in [-0.1, -0.05) is 62.1 Å². The Kier molecular flexibility index (Phi) is 7.15. The number of carbonyl (C=O) groups is 2. The molecule has 32 heavy (non-hydrogen) atoms. The summed E-state index contributed by atoms with van der Waals surface area (Å²) < 4.78 is 5.95. The monoisotopic (exact) mass is 430 g/mol. The van der Waals surface area contributed by atoms with E-state index >= 15 is 0 Å². The Balaban J connectivity index is 1.47. The lowest BCUT2D eigenvalue weighted by atomic mass is 9.80. The van der Waals surface area contributed by atoms with Crippen LogP contribution in [0.25, 0.3) is 10.9 Å². The van der Waals surface area contributed by atoms with Gasteiger partial charge in [0.2, 0.25) is 11.8 Å². The van der Waals surface area contributed by atoms with Gasteiger partial charge in [0.15, 0.2) is 0 Å². The van der Waals surface area contributed by atoms with Crippen molar-refractivity contribution in [2.45, 2.75) is 58.0 Å². The molecule has 3 aromatic rings. The van der Waals surface area contributed by atoms with Crippen molar-refractivity contribution in [3.05, 3.63) is 71.9 Å². The summed E-state index contributed by atoms with van der Waals surface area (Å²) >= 11 is 0. The largest absolute Gasteiger partial charge is 0.487 e. The molecule has 1 aliphatic rings. The Morgan fingerprint density at radius 1 is 0.969 bits per heavy atom. The maximum absolute atomic E-state index is 12.9. The summed E-state index contributed by atoms with van der Waals surface area (Å²) in [6.45, 7) is 1.76. The maximum atomic E-state index is 12.9. The van der Waals surface area contributed by atoms with E-state index in [0.29, 0.717) is 6.61 Å². The van der Waals surface area contributed by atoms with E-state index in [1.807, 2.05) is 54.6 Å². The molecule has 0 saturated heterocycles. The van der Waals surface area contributed by atoms with Crippen LogP contribution in [0.5, 0.6) is 5.75 Å². The molecule has 4 rings (SSSR count). The van der Waals surface area contributed by atoms with Crippen LogP contribution >= 0.6 is 0 Å². The number of imide groups is 1. The molecule has 2 amide bonds. The highest BCUT2D eigenvalue weighted by molar-refractivity contribution is 5.97. The van der Waals surface area contributed by atoms with E-state index < -0.39 is 0 Å². The summed E-state index contributed by atoms with van der Waals surface area (Å²) in [5.41, 5.74) is 2.75. The minimum Gasteiger partial charge on any atom is -0.487 e. The van der Waals surface area contributed by atoms with Crippen molar-refractivity contribution < 1.29 is 14.3 Å². The van der Waals surface area contributed by atoms with Gasteiger partial charge in [0.05, 0.1) is 17.1 Å². The summed E-state index contributed by atoms with van der Waals surface area (Å²) in [6.07, 6.45) is 6.73. The average Bonchev–Trinajstić information content (AvgIpc) is 3.07. The zero-order chi connectivity index (χ0) is 22.3. The van der Waals surface area contributed by atoms with Gasteiger partial charge in [0.1, 0.15) is 12.4 Å². The molecular weight excluding hydrogens is 400 g/mol. The summed E-state index contributed by atoms with van der Waals surface area (Å²) in [5.74, 6) is 0.170. The van der Waals surface area contributed by atoms with Crippen LogP contribution in [0, 0.1) is 5.92 Å². The first-order valence-corrected chi connectivity index (χ1v) is 11.5. The standard InChI is InChI=1S/C27H30N2O3/c1-19(30)28-27(31)26(21-9-4-2-3-5-10-21)22-13-16-24(17-14-22)32-18-23-15-12-20-8-6-7-11-25(20)29-23/h6-8,11-17,21,26H,2-5,9-10,18H2,1H3,(H,28,30,31). The third-order valence-electron chi connectivity index (χ3n) is 6.23. The Morgan fingerprint density at radius 2 is 1.69 bits per heavy atom. The van der Waals surface area contributed by atoms with E-state index in [-0.39, 0.29) is 23.7 Å². The zero-order valence-corrected chi connectivity index (χ0v) is 18.5. The van der Waals surface area contributed by atoms with Gasteiger partial charge in [-0.3, -0.25) is 14.9 Å². The molecule has 5 heteroatoms. The number of nitrogens with one attached hydrogen (secondary N) is 1. The maximum Gasteiger partial charge on any atom is 0.234 e. The first-order valence-electron chi connectivity index (χ1n) is 11.5. The quantitative estimate of drug-likeness (QED) is 0.522. The van der Waals surface area contributed by atoms with E-state index in [4.69, 9.17) is 4.74 Å². The van der Waals surface area contributed by atoms with Crippen LogP contribution < -0.4 is 10.1 Å². The lowest BCUT2D eigenvalue weighted by Crippen LogP contribution is -2.36. The molecule has 1 N–H and O–H groups in total. The SMILES string of the molecule is CC(=O)NC(=O)C(c1ccc(OCc2ccc3ccccc3n2)cc1)C1CCCCCC1. The van der Waals surface area contributed by atoms with Gasteiger partial charge in [-0.2, -0.15) is 0 Å². The number of amides is 2. The topological polar surface area (TPSA) is 68.3 Å². The molecule has 1 fully saturated rings. The molecule has 1 atom stereocenters. The summed E-state index contributed by atoms with van der Waals surface area (Å²) in [7, 11) is 0. The first kappa shape index (κ1) is 22.0. The third kappa shape index (κ3) is 5.52. The Morgan fingerprint density at radius 3 is 2.41 bits per heavy atom. The van der Waals surface area contributed by atoms with E-state index in [1.54, 1.807) is 0 Å². The van der Waals surface area contributed by atoms with Gasteiger partial charge >= 0.3 is 0 Å². The fourth-order valence-electron chi connectivity index (χ4n) is 4.65. The normalized spacial score (nSPS) is 15.7. The Hall–Kier alpha value is -3.21. The smallest absolute Gasteiger partial charge is 0.234 e. The number of benzene rings is 2. The molecule has 1 heterocycles. The summed E-state index contributed by atoms with van der Waals surface area (Å²) in [6, 6.07) is 19.8. The molecule has 0 spiro atoms. The Bertz CT molecular complexity index is 1070. The fourth-order valence-corrected chi connectivity index (χ4v) is 4.65. The number of rotatable bonds is 6. The van der Waals surface area contributed by atoms with Crippen molar-refractivity contribution in [2.75, 3.05) is 0 Å². The van der Waals surface area contributed by atoms with Gasteiger partial charge in [-0.15, -0.1) is 0 Å². The van der Waals surface area contributed by atoms with Crippen LogP contribution in [0.3, 0.4) is 0 Å². The number of aromatic nitrogens is 1. The van der Waals surface area contributed by atoms with Crippen molar-refractivity contribution in [2.24, 2.45) is 5.92 Å². The minimum atomic E-state index is -0.312. The molecule has 0 radical (unpaired) electrons. The van der Waals surface area contributed by atoms with Crippen LogP contribution in [0.15, 0.2) is 60.7 Å². The Labute approximate surface area is 189 Å². The molecule has 0 bridgehead atoms. The fraction of sp³-hybridized carbons (Fsp3) is 0.370. The number of fused-ring (bicyclic) bond motifs is 1. The number of nitrogens with zero attached hydrogens (tertiary/aromatic N) is 1. The third-order valence-corrected chi connectivity index (χ3v) is 6.23. The van der Waals surface area contributed by atoms with Crippen LogP contribution in [0.4, 0.5) is 0 Å². The molecule has 1 saturated carbocycles. The highest BCUT2D eigenvalue weighted by Crippen LogP contribution is 2.36. The molecule has 5 nitrogen and oxygen atoms in total. The van der Waals surface area contributed by atoms with Crippen LogP contribution in [0.1, 0.15) is 62.6 Å². The lowest BCUT2D eigenvalue weighted by molar-refractivity contribution is -0.131. The van der Waals surface area contributed by atoms with Crippen LogP contribution in [-0.4, -0.2) is 16.8 Å². The van der Waals surface area contributed by atoms with E-state index in [2.05, 4.69) is 16.4 Å². The van der Waals surface area contributed by atoms with E-state index in [9.17, 15) is 9.59 Å². The van der Waals surface area contributed by atoms with Gasteiger partial charge in [-0.25, -0.2) is 4.98 Å². The molecule has 0 aliphatic heterocycles. The highest BCUT2D eigenvalue weighted by atomic mass is 16.5. The zero-order valence-electron chi connectivity index (χ0n) is 18.5. The van der Waals surface area contributed by atoms with Gasteiger partial charge in [-0.05, 0) is 48.6 Å². The van der Waals surface area contributed by atoms with E-state index in [0.717, 1.165) is 53.6 Å². The number of para-hydroxylation sites is 1. The van der Waals surface area contributed by atoms with Crippen molar-refractivity contribution in [1.29, 1.82) is 0 Å². The van der Waals surface area contributed by atoms with Crippen molar-refractivity contribution in [3.63, 3.8) is 0 Å². The molecule has 2 aromatic carbocycles. The molecule has 1 aromatic heterocycles. The minimum absolute atomic E-state index is 0.196. The van der Waals surface area contributed by atoms with Crippen molar-refractivity contribution in [1.82, 2.24) is 10.3 Å². The van der Waals surface area contributed by atoms with Crippen molar-refractivity contribution in [3.8, 4) is 5.75 Å². The second kappa shape index (κ2) is 10.4. The number of hydrogen-bond donors (Lipinski definition) is 1. The molecular formula is C27H30N2O3. The lowest BCUT2D eigenvalue weighted by Gasteiger charge is -2.25. The average molecular weight is 431 g/mol. The van der Waals surface area contributed by atoms with Crippen LogP contribution in [-0.2, 0) is 16.2 Å². The second-order valence-corrected chi connectivity index (χ2v) is 8.63. The number of pyridine rings is 1. The molecule has 1 aliphatic carbocycles. The highest BCUT2D eigenvalue weighted by Gasteiger charge is 2.30. The summed E-state index contributed by atoms with van der Waals surface area (Å²) in [4.78, 5) is 29.1. The van der Waals surface area contributed by atoms with Gasteiger partial charge < -0.3 is 4.74 Å². The van der Waals surface area contributed by atoms with E-state index in [1.165, 1.54) is 19.8 Å². The second-order valence-electron chi connectivity index (χ2n) is 8.63. The number of carbonyl (C=O) groups excluding carboxylic acids is 2. The van der Waals surface area contributed by atoms with Crippen LogP contribution in [0.2, 0.25) is 0 Å². The van der Waals surface area contributed by atoms with Gasteiger partial charge in [0.25, 0.3) is 0 Å². The molecule has 1 unspecified atom stereocenters. The predicted octanol–water partition coefficient (Wildman–Crippen LogP) is 5.53.